The molecule has 11 rings (SSSR count). The molecule has 5 heterocycles. The normalized spacial score (nSPS) is 12.9. The van der Waals surface area contributed by atoms with Crippen LogP contribution in [-0.2, 0) is 0 Å². The van der Waals surface area contributed by atoms with E-state index in [1.165, 1.54) is 44.3 Å². The van der Waals surface area contributed by atoms with Crippen molar-refractivity contribution in [2.75, 3.05) is 9.80 Å². The Morgan fingerprint density at radius 3 is 1.30 bits per heavy atom. The van der Waals surface area contributed by atoms with Crippen LogP contribution in [0.25, 0.3) is 33.6 Å². The van der Waals surface area contributed by atoms with Crippen molar-refractivity contribution in [2.45, 2.75) is 79.1 Å². The Morgan fingerprint density at radius 2 is 0.851 bits per heavy atom. The largest absolute Gasteiger partial charge is 0.311 e. The first-order chi connectivity index (χ1) is 32.6. The molecule has 2 aliphatic rings. The first-order valence-electron chi connectivity index (χ1n) is 23.9. The predicted molar refractivity (Wildman–Crippen MR) is 280 cm³/mol. The molecule has 0 fully saturated rings. The van der Waals surface area contributed by atoms with E-state index in [9.17, 15) is 0 Å². The van der Waals surface area contributed by atoms with Gasteiger partial charge in [0.2, 0.25) is 0 Å². The molecule has 0 atom stereocenters. The number of fused-ring (bicyclic) bond motifs is 4. The van der Waals surface area contributed by atoms with Gasteiger partial charge in [0, 0.05) is 58.2 Å². The van der Waals surface area contributed by atoms with E-state index in [1.54, 1.807) is 0 Å². The Hall–Kier alpha value is -7.45. The predicted octanol–water partition coefficient (Wildman–Crippen LogP) is 13.4. The van der Waals surface area contributed by atoms with Gasteiger partial charge in [-0.3, -0.25) is 4.90 Å². The zero-order valence-electron chi connectivity index (χ0n) is 39.7. The summed E-state index contributed by atoms with van der Waals surface area (Å²) in [5, 5.41) is 10.2. The molecule has 0 bridgehead atoms. The van der Waals surface area contributed by atoms with Gasteiger partial charge in [-0.05, 0) is 140 Å². The minimum Gasteiger partial charge on any atom is -0.311 e. The van der Waals surface area contributed by atoms with Gasteiger partial charge in [0.1, 0.15) is 5.82 Å². The van der Waals surface area contributed by atoms with E-state index < -0.39 is 0 Å². The van der Waals surface area contributed by atoms with Crippen molar-refractivity contribution in [3.05, 3.63) is 193 Å². The third kappa shape index (κ3) is 7.09. The van der Waals surface area contributed by atoms with Crippen LogP contribution in [0.5, 0.6) is 0 Å². The van der Waals surface area contributed by atoms with Crippen LogP contribution in [0.2, 0.25) is 0 Å². The lowest BCUT2D eigenvalue weighted by molar-refractivity contribution is 0.838. The molecule has 0 unspecified atom stereocenters. The molecule has 2 aliphatic heterocycles. The first kappa shape index (κ1) is 42.2. The number of hydrogen-bond donors (Lipinski definition) is 0. The molecule has 9 aromatic rings. The van der Waals surface area contributed by atoms with Crippen LogP contribution in [0.1, 0.15) is 101 Å². The minimum atomic E-state index is -0.156. The lowest BCUT2D eigenvalue weighted by Crippen LogP contribution is -2.61. The summed E-state index contributed by atoms with van der Waals surface area (Å²) in [7, 11) is 0. The van der Waals surface area contributed by atoms with Gasteiger partial charge in [0.15, 0.2) is 0 Å². The van der Waals surface area contributed by atoms with Gasteiger partial charge in [0.05, 0.1) is 23.8 Å². The summed E-state index contributed by atoms with van der Waals surface area (Å²) in [6.07, 6.45) is 10.5. The molecular weight excluding hydrogens is 818 g/mol. The van der Waals surface area contributed by atoms with Gasteiger partial charge in [0.25, 0.3) is 6.71 Å². The van der Waals surface area contributed by atoms with Gasteiger partial charge in [-0.1, -0.05) is 128 Å². The molecule has 7 nitrogen and oxygen atoms in total. The van der Waals surface area contributed by atoms with E-state index in [-0.39, 0.29) is 6.71 Å². The lowest BCUT2D eigenvalue weighted by Gasteiger charge is -2.43. The second kappa shape index (κ2) is 16.8. The molecule has 0 N–H and O–H groups in total. The first-order valence-corrected chi connectivity index (χ1v) is 23.9. The molecule has 0 saturated heterocycles. The molecule has 0 spiro atoms. The Labute approximate surface area is 395 Å². The Balaban J connectivity index is 1.12. The smallest absolute Gasteiger partial charge is 0.254 e. The van der Waals surface area contributed by atoms with Crippen LogP contribution in [0.15, 0.2) is 171 Å². The van der Waals surface area contributed by atoms with Crippen LogP contribution in [-0.4, -0.2) is 31.3 Å². The maximum absolute atomic E-state index is 5.26. The zero-order chi connectivity index (χ0) is 46.1. The highest BCUT2D eigenvalue weighted by molar-refractivity contribution is 7.00. The number of benzene rings is 6. The highest BCUT2D eigenvalue weighted by atomic mass is 15.3. The second-order valence-electron chi connectivity index (χ2n) is 19.4. The summed E-state index contributed by atoms with van der Waals surface area (Å²) in [5.74, 6) is 2.43. The van der Waals surface area contributed by atoms with Crippen molar-refractivity contribution in [2.24, 2.45) is 0 Å². The lowest BCUT2D eigenvalue weighted by atomic mass is 9.33. The van der Waals surface area contributed by atoms with E-state index in [0.717, 1.165) is 62.2 Å². The number of hydrogen-bond acceptors (Lipinski definition) is 5. The van der Waals surface area contributed by atoms with Crippen molar-refractivity contribution in [1.29, 1.82) is 0 Å². The topological polar surface area (TPSA) is 55.0 Å². The maximum atomic E-state index is 5.26. The third-order valence-corrected chi connectivity index (χ3v) is 13.9. The molecule has 6 aromatic carbocycles. The molecule has 0 aliphatic carbocycles. The van der Waals surface area contributed by atoms with Crippen LogP contribution in [0.3, 0.4) is 0 Å². The van der Waals surface area contributed by atoms with Crippen LogP contribution in [0.4, 0.5) is 34.3 Å². The fourth-order valence-electron chi connectivity index (χ4n) is 10.7. The summed E-state index contributed by atoms with van der Waals surface area (Å²) in [5.41, 5.74) is 21.2. The van der Waals surface area contributed by atoms with Crippen molar-refractivity contribution >= 4 is 57.4 Å². The van der Waals surface area contributed by atoms with E-state index in [2.05, 4.69) is 226 Å². The summed E-state index contributed by atoms with van der Waals surface area (Å²) in [4.78, 5) is 10.0. The number of nitrogens with zero attached hydrogens (tertiary/aromatic N) is 7. The molecular formula is C59H56BN7. The monoisotopic (exact) mass is 873 g/mol. The highest BCUT2D eigenvalue weighted by Gasteiger charge is 2.44. The molecule has 0 saturated carbocycles. The molecule has 0 radical (unpaired) electrons. The Kier molecular flexibility index (Phi) is 10.6. The fraction of sp³-hybridized carbons (Fsp3) is 0.203. The van der Waals surface area contributed by atoms with Crippen molar-refractivity contribution in [1.82, 2.24) is 24.5 Å². The average molecular weight is 874 g/mol. The van der Waals surface area contributed by atoms with Crippen molar-refractivity contribution in [3.63, 3.8) is 0 Å². The SMILES string of the molecule is CC(C)c1cccc(C(C)C)c1-c1cnn(-c2ccc3c(c2)B2c4cc(-n5cc(-c6c(C(C)C)cccc6C(C)C)cn5)ccc4N(c4ccccc4)c4nccc(c42)N3c2ccccc2)c1. The molecule has 0 amide bonds. The van der Waals surface area contributed by atoms with Gasteiger partial charge >= 0.3 is 0 Å². The quantitative estimate of drug-likeness (QED) is 0.128. The number of rotatable bonds is 10. The second-order valence-corrected chi connectivity index (χ2v) is 19.4. The Bertz CT molecular complexity index is 3020. The summed E-state index contributed by atoms with van der Waals surface area (Å²) < 4.78 is 4.12. The van der Waals surface area contributed by atoms with Crippen LogP contribution < -0.4 is 26.2 Å². The number of aromatic nitrogens is 5. The minimum absolute atomic E-state index is 0.156. The molecule has 67 heavy (non-hydrogen) atoms. The van der Waals surface area contributed by atoms with E-state index in [1.807, 2.05) is 18.6 Å². The van der Waals surface area contributed by atoms with Gasteiger partial charge < -0.3 is 4.90 Å². The molecule has 330 valence electrons. The summed E-state index contributed by atoms with van der Waals surface area (Å²) in [6, 6.07) is 50.8. The van der Waals surface area contributed by atoms with Gasteiger partial charge in [-0.25, -0.2) is 14.3 Å². The van der Waals surface area contributed by atoms with E-state index in [0.29, 0.717) is 23.7 Å². The number of pyridine rings is 1. The van der Waals surface area contributed by atoms with Gasteiger partial charge in [-0.15, -0.1) is 0 Å². The van der Waals surface area contributed by atoms with E-state index in [4.69, 9.17) is 15.2 Å². The van der Waals surface area contributed by atoms with E-state index >= 15 is 0 Å². The molecule has 8 heteroatoms. The average Bonchev–Trinajstić information content (AvgIpc) is 4.05. The van der Waals surface area contributed by atoms with Crippen LogP contribution in [0, 0.1) is 0 Å². The summed E-state index contributed by atoms with van der Waals surface area (Å²) >= 11 is 0. The van der Waals surface area contributed by atoms with Crippen LogP contribution >= 0.6 is 0 Å². The van der Waals surface area contributed by atoms with Gasteiger partial charge in [-0.2, -0.15) is 10.2 Å². The molecule has 3 aromatic heterocycles. The summed E-state index contributed by atoms with van der Waals surface area (Å²) in [6.45, 7) is 18.1. The standard InChI is InChI=1S/C59H56BN7/c1-37(2)47-21-15-22-48(38(3)4)56(47)41-33-62-64(35-41)45-25-27-53-51(31-45)60-52-32-46(65-36-42(34-63-65)57-49(39(5)6)23-16-24-50(57)40(7)8)26-28-54(52)67(44-19-13-10-14-20-44)59-58(60)55(29-30-61-59)66(53)43-17-11-9-12-18-43/h9-40H,1-8H3. The fourth-order valence-corrected chi connectivity index (χ4v) is 10.7. The highest BCUT2D eigenvalue weighted by Crippen LogP contribution is 2.44. The Morgan fingerprint density at radius 1 is 0.418 bits per heavy atom. The van der Waals surface area contributed by atoms with Crippen molar-refractivity contribution < 1.29 is 0 Å². The maximum Gasteiger partial charge on any atom is 0.254 e. The number of para-hydroxylation sites is 2. The van der Waals surface area contributed by atoms with Crippen molar-refractivity contribution in [3.8, 4) is 33.6 Å². The third-order valence-electron chi connectivity index (χ3n) is 13.9. The zero-order valence-corrected chi connectivity index (χ0v) is 39.7. The number of anilines is 6.